The van der Waals surface area contributed by atoms with Crippen LogP contribution in [0, 0.1) is 5.92 Å². The number of nitrogens with one attached hydrogen (secondary N) is 1. The molecular formula is C11H21N3S. The predicted molar refractivity (Wildman–Crippen MR) is 66.2 cm³/mol. The van der Waals surface area contributed by atoms with Crippen molar-refractivity contribution in [3.8, 4) is 0 Å². The summed E-state index contributed by atoms with van der Waals surface area (Å²) in [6.45, 7) is 8.32. The summed E-state index contributed by atoms with van der Waals surface area (Å²) in [4.78, 5) is 4.30. The van der Waals surface area contributed by atoms with Crippen LogP contribution in [0.15, 0.2) is 11.6 Å². The molecule has 1 aromatic heterocycles. The molecule has 0 bridgehead atoms. The van der Waals surface area contributed by atoms with E-state index in [1.165, 1.54) is 5.01 Å². The van der Waals surface area contributed by atoms with E-state index in [9.17, 15) is 0 Å². The predicted octanol–water partition coefficient (Wildman–Crippen LogP) is 1.82. The van der Waals surface area contributed by atoms with Crippen molar-refractivity contribution < 1.29 is 0 Å². The Morgan fingerprint density at radius 3 is 2.67 bits per heavy atom. The van der Waals surface area contributed by atoms with Gasteiger partial charge in [0, 0.05) is 36.6 Å². The maximum Gasteiger partial charge on any atom is 0.0965 e. The van der Waals surface area contributed by atoms with Gasteiger partial charge < -0.3 is 11.1 Å². The minimum atomic E-state index is 0.244. The molecule has 0 saturated heterocycles. The topological polar surface area (TPSA) is 50.9 Å². The smallest absolute Gasteiger partial charge is 0.0965 e. The molecule has 1 heterocycles. The zero-order chi connectivity index (χ0) is 11.3. The molecule has 0 aliphatic carbocycles. The van der Waals surface area contributed by atoms with Crippen LogP contribution in [0.25, 0.3) is 0 Å². The van der Waals surface area contributed by atoms with E-state index in [0.29, 0.717) is 11.8 Å². The first-order valence-electron chi connectivity index (χ1n) is 5.47. The Kier molecular flexibility index (Phi) is 5.22. The minimum absolute atomic E-state index is 0.244. The molecule has 0 radical (unpaired) electrons. The van der Waals surface area contributed by atoms with E-state index in [1.54, 1.807) is 11.3 Å². The third kappa shape index (κ3) is 4.28. The summed E-state index contributed by atoms with van der Waals surface area (Å²) in [7, 11) is 0. The second-order valence-electron chi connectivity index (χ2n) is 4.34. The van der Waals surface area contributed by atoms with E-state index in [1.807, 2.05) is 11.6 Å². The fourth-order valence-corrected chi connectivity index (χ4v) is 1.97. The van der Waals surface area contributed by atoms with Gasteiger partial charge in [-0.1, -0.05) is 20.8 Å². The first-order valence-corrected chi connectivity index (χ1v) is 6.35. The lowest BCUT2D eigenvalue weighted by molar-refractivity contribution is 0.451. The summed E-state index contributed by atoms with van der Waals surface area (Å²) < 4.78 is 0. The van der Waals surface area contributed by atoms with E-state index < -0.39 is 0 Å². The van der Waals surface area contributed by atoms with Gasteiger partial charge in [-0.25, -0.2) is 4.98 Å². The normalized spacial score (nSPS) is 15.5. The van der Waals surface area contributed by atoms with Crippen LogP contribution in [-0.4, -0.2) is 24.1 Å². The molecule has 0 aromatic carbocycles. The summed E-state index contributed by atoms with van der Waals surface area (Å²) >= 11 is 1.71. The number of thiazole rings is 1. The van der Waals surface area contributed by atoms with Crippen molar-refractivity contribution >= 4 is 11.3 Å². The lowest BCUT2D eigenvalue weighted by atomic mass is 10.1. The van der Waals surface area contributed by atoms with Crippen LogP contribution in [0.2, 0.25) is 0 Å². The van der Waals surface area contributed by atoms with Crippen molar-refractivity contribution in [2.75, 3.05) is 13.1 Å². The van der Waals surface area contributed by atoms with Gasteiger partial charge in [0.05, 0.1) is 5.01 Å². The zero-order valence-corrected chi connectivity index (χ0v) is 10.6. The standard InChI is InChI=1S/C11H21N3S/c1-8(2)10(12)7-13-6-9(3)11-14-4-5-15-11/h4-5,8-10,13H,6-7,12H2,1-3H3. The summed E-state index contributed by atoms with van der Waals surface area (Å²) in [6, 6.07) is 0.244. The highest BCUT2D eigenvalue weighted by Crippen LogP contribution is 2.16. The van der Waals surface area contributed by atoms with Gasteiger partial charge in [0.1, 0.15) is 0 Å². The molecule has 4 heteroatoms. The fourth-order valence-electron chi connectivity index (χ4n) is 1.27. The molecule has 1 rings (SSSR count). The van der Waals surface area contributed by atoms with E-state index in [0.717, 1.165) is 13.1 Å². The van der Waals surface area contributed by atoms with Crippen molar-refractivity contribution in [2.24, 2.45) is 11.7 Å². The van der Waals surface area contributed by atoms with Crippen LogP contribution in [0.1, 0.15) is 31.7 Å². The van der Waals surface area contributed by atoms with Crippen molar-refractivity contribution in [1.29, 1.82) is 0 Å². The van der Waals surface area contributed by atoms with Crippen molar-refractivity contribution in [2.45, 2.75) is 32.7 Å². The molecule has 2 unspecified atom stereocenters. The molecule has 0 fully saturated rings. The molecule has 0 aliphatic heterocycles. The summed E-state index contributed by atoms with van der Waals surface area (Å²) in [5.41, 5.74) is 5.95. The molecule has 0 aliphatic rings. The third-order valence-corrected chi connectivity index (χ3v) is 3.57. The van der Waals surface area contributed by atoms with E-state index in [-0.39, 0.29) is 6.04 Å². The highest BCUT2D eigenvalue weighted by molar-refractivity contribution is 7.09. The molecular weight excluding hydrogens is 206 g/mol. The van der Waals surface area contributed by atoms with Crippen LogP contribution in [0.4, 0.5) is 0 Å². The van der Waals surface area contributed by atoms with Crippen molar-refractivity contribution in [1.82, 2.24) is 10.3 Å². The molecule has 15 heavy (non-hydrogen) atoms. The van der Waals surface area contributed by atoms with Gasteiger partial charge in [-0.15, -0.1) is 11.3 Å². The maximum absolute atomic E-state index is 5.95. The molecule has 1 aromatic rings. The van der Waals surface area contributed by atoms with Gasteiger partial charge >= 0.3 is 0 Å². The molecule has 3 nitrogen and oxygen atoms in total. The molecule has 0 spiro atoms. The lowest BCUT2D eigenvalue weighted by Crippen LogP contribution is -2.39. The number of nitrogens with zero attached hydrogens (tertiary/aromatic N) is 1. The number of hydrogen-bond donors (Lipinski definition) is 2. The Morgan fingerprint density at radius 2 is 2.13 bits per heavy atom. The van der Waals surface area contributed by atoms with E-state index >= 15 is 0 Å². The Morgan fingerprint density at radius 1 is 1.40 bits per heavy atom. The maximum atomic E-state index is 5.95. The van der Waals surface area contributed by atoms with Gasteiger partial charge in [0.15, 0.2) is 0 Å². The van der Waals surface area contributed by atoms with Gasteiger partial charge in [0.2, 0.25) is 0 Å². The first kappa shape index (κ1) is 12.6. The Hall–Kier alpha value is -0.450. The highest BCUT2D eigenvalue weighted by atomic mass is 32.1. The molecule has 0 amide bonds. The van der Waals surface area contributed by atoms with Crippen LogP contribution < -0.4 is 11.1 Å². The Balaban J connectivity index is 2.21. The van der Waals surface area contributed by atoms with Gasteiger partial charge in [-0.3, -0.25) is 0 Å². The minimum Gasteiger partial charge on any atom is -0.326 e. The molecule has 86 valence electrons. The lowest BCUT2D eigenvalue weighted by Gasteiger charge is -2.17. The largest absolute Gasteiger partial charge is 0.326 e. The van der Waals surface area contributed by atoms with Crippen molar-refractivity contribution in [3.63, 3.8) is 0 Å². The van der Waals surface area contributed by atoms with E-state index in [4.69, 9.17) is 5.73 Å². The van der Waals surface area contributed by atoms with Crippen LogP contribution in [0.5, 0.6) is 0 Å². The second-order valence-corrected chi connectivity index (χ2v) is 5.26. The van der Waals surface area contributed by atoms with Gasteiger partial charge in [0.25, 0.3) is 0 Å². The average Bonchev–Trinajstić information content (AvgIpc) is 2.70. The SMILES string of the molecule is CC(CNCC(N)C(C)C)c1nccs1. The van der Waals surface area contributed by atoms with Crippen LogP contribution in [0.3, 0.4) is 0 Å². The first-order chi connectivity index (χ1) is 7.11. The molecule has 0 saturated carbocycles. The average molecular weight is 227 g/mol. The highest BCUT2D eigenvalue weighted by Gasteiger charge is 2.10. The van der Waals surface area contributed by atoms with Gasteiger partial charge in [-0.2, -0.15) is 0 Å². The number of nitrogens with two attached hydrogens (primary N) is 1. The Bertz CT molecular complexity index is 259. The number of aromatic nitrogens is 1. The number of rotatable bonds is 6. The molecule has 3 N–H and O–H groups in total. The number of hydrogen-bond acceptors (Lipinski definition) is 4. The monoisotopic (exact) mass is 227 g/mol. The summed E-state index contributed by atoms with van der Waals surface area (Å²) in [5.74, 6) is 1.01. The molecule has 2 atom stereocenters. The van der Waals surface area contributed by atoms with Crippen LogP contribution >= 0.6 is 11.3 Å². The zero-order valence-electron chi connectivity index (χ0n) is 9.73. The van der Waals surface area contributed by atoms with E-state index in [2.05, 4.69) is 31.1 Å². The quantitative estimate of drug-likeness (QED) is 0.779. The van der Waals surface area contributed by atoms with Crippen LogP contribution in [-0.2, 0) is 0 Å². The Labute approximate surface area is 96.1 Å². The van der Waals surface area contributed by atoms with Gasteiger partial charge in [-0.05, 0) is 5.92 Å². The fraction of sp³-hybridized carbons (Fsp3) is 0.727. The van der Waals surface area contributed by atoms with Crippen molar-refractivity contribution in [3.05, 3.63) is 16.6 Å². The third-order valence-electron chi connectivity index (χ3n) is 2.56. The summed E-state index contributed by atoms with van der Waals surface area (Å²) in [6.07, 6.45) is 1.86. The summed E-state index contributed by atoms with van der Waals surface area (Å²) in [5, 5.41) is 6.61. The second kappa shape index (κ2) is 6.20.